The first kappa shape index (κ1) is 8.04. The summed E-state index contributed by atoms with van der Waals surface area (Å²) >= 11 is 0. The summed E-state index contributed by atoms with van der Waals surface area (Å²) in [6.45, 7) is 1.87. The van der Waals surface area contributed by atoms with Crippen LogP contribution < -0.4 is 5.32 Å². The zero-order valence-electron chi connectivity index (χ0n) is 7.48. The van der Waals surface area contributed by atoms with Crippen LogP contribution in [0.25, 0.3) is 10.9 Å². The van der Waals surface area contributed by atoms with Crippen molar-refractivity contribution in [3.05, 3.63) is 23.6 Å². The minimum atomic E-state index is -0.300. The maximum atomic E-state index is 13.3. The van der Waals surface area contributed by atoms with Crippen molar-refractivity contribution in [1.82, 2.24) is 10.2 Å². The largest absolute Gasteiger partial charge is 0.388 e. The highest BCUT2D eigenvalue weighted by atomic mass is 19.1. The molecule has 2 N–H and O–H groups in total. The quantitative estimate of drug-likeness (QED) is 0.703. The molecule has 0 unspecified atom stereocenters. The predicted molar refractivity (Wildman–Crippen MR) is 50.3 cm³/mol. The van der Waals surface area contributed by atoms with E-state index in [2.05, 4.69) is 15.5 Å². The van der Waals surface area contributed by atoms with Crippen LogP contribution in [0.15, 0.2) is 12.1 Å². The first-order valence-corrected chi connectivity index (χ1v) is 4.04. The Kier molecular flexibility index (Phi) is 1.69. The molecule has 0 radical (unpaired) electrons. The van der Waals surface area contributed by atoms with Crippen molar-refractivity contribution in [3.63, 3.8) is 0 Å². The molecule has 1 heterocycles. The molecule has 0 saturated heterocycles. The summed E-state index contributed by atoms with van der Waals surface area (Å²) in [5.74, 6) is -0.300. The fourth-order valence-electron chi connectivity index (χ4n) is 1.34. The van der Waals surface area contributed by atoms with Crippen molar-refractivity contribution in [2.45, 2.75) is 6.92 Å². The minimum absolute atomic E-state index is 0.300. The van der Waals surface area contributed by atoms with Gasteiger partial charge in [-0.1, -0.05) is 0 Å². The van der Waals surface area contributed by atoms with E-state index in [0.717, 1.165) is 16.8 Å². The van der Waals surface area contributed by atoms with Crippen LogP contribution >= 0.6 is 0 Å². The second kappa shape index (κ2) is 2.73. The maximum Gasteiger partial charge on any atom is 0.153 e. The lowest BCUT2D eigenvalue weighted by molar-refractivity contribution is 0.636. The highest BCUT2D eigenvalue weighted by Crippen LogP contribution is 2.22. The number of hydrogen-bond acceptors (Lipinski definition) is 2. The lowest BCUT2D eigenvalue weighted by Crippen LogP contribution is -1.89. The van der Waals surface area contributed by atoms with E-state index in [9.17, 15) is 4.39 Å². The third-order valence-electron chi connectivity index (χ3n) is 2.09. The van der Waals surface area contributed by atoms with Gasteiger partial charge < -0.3 is 5.32 Å². The van der Waals surface area contributed by atoms with Crippen molar-refractivity contribution in [1.29, 1.82) is 0 Å². The number of H-pyrrole nitrogens is 1. The molecule has 0 saturated carbocycles. The molecule has 0 bridgehead atoms. The van der Waals surface area contributed by atoms with Gasteiger partial charge >= 0.3 is 0 Å². The van der Waals surface area contributed by atoms with Gasteiger partial charge in [-0.05, 0) is 19.1 Å². The molecular formula is C9H10FN3. The Morgan fingerprint density at radius 1 is 1.46 bits per heavy atom. The Labute approximate surface area is 75.0 Å². The predicted octanol–water partition coefficient (Wildman–Crippen LogP) is 2.05. The third-order valence-corrected chi connectivity index (χ3v) is 2.09. The van der Waals surface area contributed by atoms with Crippen LogP contribution in [0.2, 0.25) is 0 Å². The van der Waals surface area contributed by atoms with Crippen LogP contribution in [0.5, 0.6) is 0 Å². The van der Waals surface area contributed by atoms with Gasteiger partial charge in [0.25, 0.3) is 0 Å². The van der Waals surface area contributed by atoms with Crippen LogP contribution in [0.3, 0.4) is 0 Å². The summed E-state index contributed by atoms with van der Waals surface area (Å²) in [6, 6.07) is 3.31. The van der Waals surface area contributed by atoms with Gasteiger partial charge in [-0.25, -0.2) is 4.39 Å². The molecule has 0 aliphatic heterocycles. The van der Waals surface area contributed by atoms with Crippen molar-refractivity contribution in [2.24, 2.45) is 0 Å². The average molecular weight is 179 g/mol. The van der Waals surface area contributed by atoms with Crippen molar-refractivity contribution >= 4 is 16.6 Å². The highest BCUT2D eigenvalue weighted by molar-refractivity contribution is 5.85. The number of hydrogen-bond donors (Lipinski definition) is 2. The van der Waals surface area contributed by atoms with E-state index in [1.54, 1.807) is 7.05 Å². The molecule has 2 rings (SSSR count). The van der Waals surface area contributed by atoms with Crippen molar-refractivity contribution < 1.29 is 4.39 Å². The molecule has 3 nitrogen and oxygen atoms in total. The SMILES string of the molecule is CNc1cc(F)c2n[nH]c(C)c2c1. The smallest absolute Gasteiger partial charge is 0.153 e. The van der Waals surface area contributed by atoms with Crippen molar-refractivity contribution in [2.75, 3.05) is 12.4 Å². The molecule has 68 valence electrons. The van der Waals surface area contributed by atoms with Crippen LogP contribution in [-0.4, -0.2) is 17.2 Å². The van der Waals surface area contributed by atoms with Crippen molar-refractivity contribution in [3.8, 4) is 0 Å². The Balaban J connectivity index is 2.80. The van der Waals surface area contributed by atoms with Crippen LogP contribution in [0.1, 0.15) is 5.69 Å². The number of nitrogens with one attached hydrogen (secondary N) is 2. The third kappa shape index (κ3) is 1.14. The molecule has 1 aromatic carbocycles. The van der Waals surface area contributed by atoms with E-state index in [0.29, 0.717) is 5.52 Å². The fraction of sp³-hybridized carbons (Fsp3) is 0.222. The van der Waals surface area contributed by atoms with E-state index >= 15 is 0 Å². The van der Waals surface area contributed by atoms with Gasteiger partial charge in [0.1, 0.15) is 5.52 Å². The van der Waals surface area contributed by atoms with E-state index in [-0.39, 0.29) is 5.82 Å². The lowest BCUT2D eigenvalue weighted by atomic mass is 10.2. The topological polar surface area (TPSA) is 40.7 Å². The number of aryl methyl sites for hydroxylation is 1. The molecule has 13 heavy (non-hydrogen) atoms. The fourth-order valence-corrected chi connectivity index (χ4v) is 1.34. The number of nitrogens with zero attached hydrogens (tertiary/aromatic N) is 1. The summed E-state index contributed by atoms with van der Waals surface area (Å²) in [7, 11) is 1.76. The number of anilines is 1. The maximum absolute atomic E-state index is 13.3. The molecule has 2 aromatic rings. The van der Waals surface area contributed by atoms with Crippen LogP contribution in [-0.2, 0) is 0 Å². The minimum Gasteiger partial charge on any atom is -0.388 e. The molecule has 0 aliphatic carbocycles. The first-order valence-electron chi connectivity index (χ1n) is 4.04. The number of aromatic nitrogens is 2. The van der Waals surface area contributed by atoms with E-state index in [1.165, 1.54) is 6.07 Å². The van der Waals surface area contributed by atoms with E-state index in [1.807, 2.05) is 13.0 Å². The number of benzene rings is 1. The molecular weight excluding hydrogens is 169 g/mol. The summed E-state index contributed by atoms with van der Waals surface area (Å²) in [5, 5.41) is 10.3. The summed E-state index contributed by atoms with van der Waals surface area (Å²) in [4.78, 5) is 0. The van der Waals surface area contributed by atoms with Gasteiger partial charge in [0, 0.05) is 23.8 Å². The molecule has 0 amide bonds. The molecule has 0 fully saturated rings. The molecule has 0 aliphatic rings. The number of fused-ring (bicyclic) bond motifs is 1. The monoisotopic (exact) mass is 179 g/mol. The zero-order chi connectivity index (χ0) is 9.42. The van der Waals surface area contributed by atoms with Gasteiger partial charge in [0.2, 0.25) is 0 Å². The Morgan fingerprint density at radius 2 is 2.23 bits per heavy atom. The van der Waals surface area contributed by atoms with E-state index < -0.39 is 0 Å². The summed E-state index contributed by atoms with van der Waals surface area (Å²) < 4.78 is 13.3. The van der Waals surface area contributed by atoms with Gasteiger partial charge in [0.05, 0.1) is 0 Å². The van der Waals surface area contributed by atoms with Crippen LogP contribution in [0, 0.1) is 12.7 Å². The average Bonchev–Trinajstić information content (AvgIpc) is 2.48. The summed E-state index contributed by atoms with van der Waals surface area (Å²) in [5.41, 5.74) is 2.04. The number of halogens is 1. The molecule has 0 spiro atoms. The normalized spacial score (nSPS) is 10.7. The number of aromatic amines is 1. The zero-order valence-corrected chi connectivity index (χ0v) is 7.48. The molecule has 4 heteroatoms. The second-order valence-corrected chi connectivity index (χ2v) is 2.95. The second-order valence-electron chi connectivity index (χ2n) is 2.95. The van der Waals surface area contributed by atoms with Crippen LogP contribution in [0.4, 0.5) is 10.1 Å². The molecule has 1 aromatic heterocycles. The van der Waals surface area contributed by atoms with E-state index in [4.69, 9.17) is 0 Å². The standard InChI is InChI=1S/C9H10FN3/c1-5-7-3-6(11-2)4-8(10)9(7)13-12-5/h3-4,11H,1-2H3,(H,12,13). The molecule has 0 atom stereocenters. The summed E-state index contributed by atoms with van der Waals surface area (Å²) in [6.07, 6.45) is 0. The lowest BCUT2D eigenvalue weighted by Gasteiger charge is -2.00. The Bertz CT molecular complexity index is 447. The van der Waals surface area contributed by atoms with Gasteiger partial charge in [0.15, 0.2) is 5.82 Å². The highest BCUT2D eigenvalue weighted by Gasteiger charge is 2.07. The van der Waals surface area contributed by atoms with Gasteiger partial charge in [-0.15, -0.1) is 0 Å². The van der Waals surface area contributed by atoms with Gasteiger partial charge in [-0.2, -0.15) is 5.10 Å². The Hall–Kier alpha value is -1.58. The number of rotatable bonds is 1. The first-order chi connectivity index (χ1) is 6.22. The van der Waals surface area contributed by atoms with Gasteiger partial charge in [-0.3, -0.25) is 5.10 Å². The Morgan fingerprint density at radius 3 is 2.92 bits per heavy atom.